The third-order valence-corrected chi connectivity index (χ3v) is 3.58. The highest BCUT2D eigenvalue weighted by Crippen LogP contribution is 2.29. The van der Waals surface area contributed by atoms with Crippen LogP contribution in [0.15, 0.2) is 24.3 Å². The number of carbonyl (C=O) groups is 1. The number of hydrogen-bond donors (Lipinski definition) is 2. The van der Waals surface area contributed by atoms with Crippen LogP contribution in [0.2, 0.25) is 0 Å². The molecule has 0 atom stereocenters. The van der Waals surface area contributed by atoms with Crippen molar-refractivity contribution in [3.05, 3.63) is 29.8 Å². The molecule has 2 N–H and O–H groups in total. The van der Waals surface area contributed by atoms with Crippen molar-refractivity contribution in [1.29, 1.82) is 0 Å². The Morgan fingerprint density at radius 2 is 2.17 bits per heavy atom. The van der Waals surface area contributed by atoms with Gasteiger partial charge in [0, 0.05) is 13.1 Å². The lowest BCUT2D eigenvalue weighted by Gasteiger charge is -2.32. The molecule has 1 aliphatic rings. The van der Waals surface area contributed by atoms with Gasteiger partial charge in [-0.25, -0.2) is 0 Å². The van der Waals surface area contributed by atoms with Crippen molar-refractivity contribution in [3.63, 3.8) is 0 Å². The summed E-state index contributed by atoms with van der Waals surface area (Å²) in [4.78, 5) is 12.5. The number of amides is 1. The van der Waals surface area contributed by atoms with Gasteiger partial charge in [0.15, 0.2) is 0 Å². The Bertz CT molecular complexity index is 387. The Balaban J connectivity index is 1.81. The van der Waals surface area contributed by atoms with Crippen molar-refractivity contribution in [2.45, 2.75) is 18.8 Å². The van der Waals surface area contributed by atoms with E-state index in [9.17, 15) is 9.90 Å². The van der Waals surface area contributed by atoms with Gasteiger partial charge in [-0.1, -0.05) is 12.1 Å². The summed E-state index contributed by atoms with van der Waals surface area (Å²) >= 11 is 0. The summed E-state index contributed by atoms with van der Waals surface area (Å²) in [6.45, 7) is 3.76. The van der Waals surface area contributed by atoms with E-state index in [2.05, 4.69) is 16.3 Å². The van der Waals surface area contributed by atoms with Gasteiger partial charge in [0.05, 0.1) is 0 Å². The highest BCUT2D eigenvalue weighted by Gasteiger charge is 2.20. The topological polar surface area (TPSA) is 52.6 Å². The second kappa shape index (κ2) is 6.40. The minimum atomic E-state index is 0.352. The molecule has 1 heterocycles. The molecule has 4 nitrogen and oxygen atoms in total. The van der Waals surface area contributed by atoms with Crippen molar-refractivity contribution in [2.24, 2.45) is 0 Å². The number of piperidine rings is 1. The van der Waals surface area contributed by atoms with Gasteiger partial charge < -0.3 is 15.3 Å². The first-order valence-corrected chi connectivity index (χ1v) is 6.48. The van der Waals surface area contributed by atoms with Crippen LogP contribution < -0.4 is 5.32 Å². The van der Waals surface area contributed by atoms with Crippen LogP contribution in [0, 0.1) is 0 Å². The van der Waals surface area contributed by atoms with E-state index in [0.29, 0.717) is 11.7 Å². The number of nitrogens with zero attached hydrogens (tertiary/aromatic N) is 1. The number of aromatic hydroxyl groups is 1. The van der Waals surface area contributed by atoms with E-state index in [-0.39, 0.29) is 0 Å². The predicted octanol–water partition coefficient (Wildman–Crippen LogP) is 1.32. The van der Waals surface area contributed by atoms with Crippen LogP contribution in [0.3, 0.4) is 0 Å². The van der Waals surface area contributed by atoms with Gasteiger partial charge in [-0.2, -0.15) is 0 Å². The number of nitrogens with one attached hydrogen (secondary N) is 1. The summed E-state index contributed by atoms with van der Waals surface area (Å²) in [5.74, 6) is 0.900. The third-order valence-electron chi connectivity index (χ3n) is 3.58. The molecule has 1 aromatic rings. The van der Waals surface area contributed by atoms with Crippen LogP contribution in [0.25, 0.3) is 0 Å². The van der Waals surface area contributed by atoms with E-state index in [1.54, 1.807) is 6.07 Å². The SMILES string of the molecule is O=CNCCN1CCC(c2cccc(O)c2)CC1. The zero-order valence-corrected chi connectivity index (χ0v) is 10.5. The molecule has 1 aliphatic heterocycles. The van der Waals surface area contributed by atoms with Gasteiger partial charge in [-0.05, 0) is 49.5 Å². The number of carbonyl (C=O) groups excluding carboxylic acids is 1. The van der Waals surface area contributed by atoms with Crippen molar-refractivity contribution in [2.75, 3.05) is 26.2 Å². The quantitative estimate of drug-likeness (QED) is 0.610. The zero-order chi connectivity index (χ0) is 12.8. The van der Waals surface area contributed by atoms with Gasteiger partial charge in [-0.3, -0.25) is 4.79 Å². The highest BCUT2D eigenvalue weighted by atomic mass is 16.3. The van der Waals surface area contributed by atoms with Crippen molar-refractivity contribution >= 4 is 6.41 Å². The number of benzene rings is 1. The summed E-state index contributed by atoms with van der Waals surface area (Å²) in [5.41, 5.74) is 1.24. The fourth-order valence-corrected chi connectivity index (χ4v) is 2.55. The first kappa shape index (κ1) is 12.9. The number of likely N-dealkylation sites (tertiary alicyclic amines) is 1. The van der Waals surface area contributed by atoms with E-state index < -0.39 is 0 Å². The van der Waals surface area contributed by atoms with Gasteiger partial charge in [0.2, 0.25) is 6.41 Å². The molecule has 2 rings (SSSR count). The monoisotopic (exact) mass is 248 g/mol. The third kappa shape index (κ3) is 3.47. The molecule has 4 heteroatoms. The summed E-state index contributed by atoms with van der Waals surface area (Å²) in [5, 5.41) is 12.2. The van der Waals surface area contributed by atoms with Gasteiger partial charge in [0.25, 0.3) is 0 Å². The molecular weight excluding hydrogens is 228 g/mol. The Labute approximate surface area is 108 Å². The Kier molecular flexibility index (Phi) is 4.59. The maximum atomic E-state index is 10.2. The Morgan fingerprint density at radius 3 is 2.83 bits per heavy atom. The first-order valence-electron chi connectivity index (χ1n) is 6.48. The summed E-state index contributed by atoms with van der Waals surface area (Å²) in [6, 6.07) is 7.58. The van der Waals surface area contributed by atoms with Crippen LogP contribution in [0.1, 0.15) is 24.3 Å². The maximum Gasteiger partial charge on any atom is 0.207 e. The predicted molar refractivity (Wildman–Crippen MR) is 70.6 cm³/mol. The lowest BCUT2D eigenvalue weighted by molar-refractivity contribution is -0.109. The van der Waals surface area contributed by atoms with Crippen LogP contribution in [-0.2, 0) is 4.79 Å². The molecule has 1 amide bonds. The molecule has 0 saturated carbocycles. The second-order valence-corrected chi connectivity index (χ2v) is 4.78. The van der Waals surface area contributed by atoms with E-state index in [1.165, 1.54) is 5.56 Å². The largest absolute Gasteiger partial charge is 0.508 e. The number of phenols is 1. The zero-order valence-electron chi connectivity index (χ0n) is 10.5. The minimum Gasteiger partial charge on any atom is -0.508 e. The van der Waals surface area contributed by atoms with E-state index in [0.717, 1.165) is 45.4 Å². The highest BCUT2D eigenvalue weighted by molar-refractivity contribution is 5.45. The number of phenolic OH excluding ortho intramolecular Hbond substituents is 1. The van der Waals surface area contributed by atoms with Gasteiger partial charge in [-0.15, -0.1) is 0 Å². The molecule has 1 aromatic carbocycles. The standard InChI is InChI=1S/C14H20N2O2/c17-11-15-6-9-16-7-4-12(5-8-16)13-2-1-3-14(18)10-13/h1-3,10-12,18H,4-9H2,(H,15,17). The molecule has 1 fully saturated rings. The Morgan fingerprint density at radius 1 is 1.39 bits per heavy atom. The average molecular weight is 248 g/mol. The molecule has 98 valence electrons. The molecule has 0 spiro atoms. The average Bonchev–Trinajstić information content (AvgIpc) is 2.40. The minimum absolute atomic E-state index is 0.352. The fourth-order valence-electron chi connectivity index (χ4n) is 2.55. The van der Waals surface area contributed by atoms with Crippen LogP contribution in [0.4, 0.5) is 0 Å². The summed E-state index contributed by atoms with van der Waals surface area (Å²) in [7, 11) is 0. The van der Waals surface area contributed by atoms with E-state index in [4.69, 9.17) is 0 Å². The lowest BCUT2D eigenvalue weighted by Crippen LogP contribution is -2.37. The van der Waals surface area contributed by atoms with E-state index in [1.807, 2.05) is 12.1 Å². The molecule has 0 radical (unpaired) electrons. The van der Waals surface area contributed by atoms with Gasteiger partial charge in [0.1, 0.15) is 5.75 Å². The molecule has 0 aliphatic carbocycles. The number of hydrogen-bond acceptors (Lipinski definition) is 3. The second-order valence-electron chi connectivity index (χ2n) is 4.78. The molecule has 0 unspecified atom stereocenters. The molecule has 18 heavy (non-hydrogen) atoms. The van der Waals surface area contributed by atoms with Gasteiger partial charge >= 0.3 is 0 Å². The lowest BCUT2D eigenvalue weighted by atomic mass is 9.89. The smallest absolute Gasteiger partial charge is 0.207 e. The molecule has 0 bridgehead atoms. The van der Waals surface area contributed by atoms with Crippen molar-refractivity contribution < 1.29 is 9.90 Å². The normalized spacial score (nSPS) is 17.6. The summed E-state index contributed by atoms with van der Waals surface area (Å²) in [6.07, 6.45) is 2.98. The van der Waals surface area contributed by atoms with Crippen LogP contribution >= 0.6 is 0 Å². The van der Waals surface area contributed by atoms with Crippen molar-refractivity contribution in [1.82, 2.24) is 10.2 Å². The first-order chi connectivity index (χ1) is 8.79. The summed E-state index contributed by atoms with van der Waals surface area (Å²) < 4.78 is 0. The van der Waals surface area contributed by atoms with Crippen molar-refractivity contribution in [3.8, 4) is 5.75 Å². The van der Waals surface area contributed by atoms with Crippen LogP contribution in [0.5, 0.6) is 5.75 Å². The molecular formula is C14H20N2O2. The molecule has 0 aromatic heterocycles. The van der Waals surface area contributed by atoms with E-state index >= 15 is 0 Å². The Hall–Kier alpha value is -1.55. The molecule has 1 saturated heterocycles. The maximum absolute atomic E-state index is 10.2. The van der Waals surface area contributed by atoms with Crippen LogP contribution in [-0.4, -0.2) is 42.6 Å². The fraction of sp³-hybridized carbons (Fsp3) is 0.500. The number of rotatable bonds is 5.